The Morgan fingerprint density at radius 1 is 1.10 bits per heavy atom. The highest BCUT2D eigenvalue weighted by atomic mass is 32.2. The number of hydrogen-bond donors (Lipinski definition) is 0. The average Bonchev–Trinajstić information content (AvgIpc) is 2.88. The lowest BCUT2D eigenvalue weighted by molar-refractivity contribution is -0.384. The van der Waals surface area contributed by atoms with Crippen molar-refractivity contribution < 1.29 is 4.92 Å². The molecule has 1 aliphatic heterocycles. The van der Waals surface area contributed by atoms with E-state index in [0.29, 0.717) is 16.5 Å². The molecule has 3 rings (SSSR count). The second-order valence-electron chi connectivity index (χ2n) is 4.21. The predicted octanol–water partition coefficient (Wildman–Crippen LogP) is 3.77. The summed E-state index contributed by atoms with van der Waals surface area (Å²) in [6, 6.07) is 14.6. The maximum Gasteiger partial charge on any atom is 0.271 e. The molecule has 20 heavy (non-hydrogen) atoms. The molecule has 0 unspecified atom stereocenters. The molecule has 99 valence electrons. The zero-order chi connectivity index (χ0) is 13.9. The number of thioether (sulfide) groups is 1. The minimum Gasteiger partial charge on any atom is -0.258 e. The monoisotopic (exact) mass is 284 g/mol. The van der Waals surface area contributed by atoms with E-state index < -0.39 is 4.92 Å². The van der Waals surface area contributed by atoms with Gasteiger partial charge in [0, 0.05) is 17.9 Å². The van der Waals surface area contributed by atoms with E-state index >= 15 is 0 Å². The van der Waals surface area contributed by atoms with E-state index in [0.717, 1.165) is 5.75 Å². The molecule has 0 aliphatic carbocycles. The van der Waals surface area contributed by atoms with Crippen LogP contribution >= 0.6 is 11.8 Å². The Morgan fingerprint density at radius 3 is 2.65 bits per heavy atom. The number of aliphatic imine (C=N–C) groups is 1. The lowest BCUT2D eigenvalue weighted by atomic mass is 10.2. The molecule has 0 aromatic heterocycles. The normalized spacial score (nSPS) is 12.5. The predicted molar refractivity (Wildman–Crippen MR) is 79.7 cm³/mol. The Balaban J connectivity index is 1.71. The molecular formula is C14H10N3O2S. The molecule has 0 fully saturated rings. The molecule has 1 radical (unpaired) electrons. The Hall–Kier alpha value is -2.34. The molecule has 0 atom stereocenters. The van der Waals surface area contributed by atoms with Crippen molar-refractivity contribution in [3.05, 3.63) is 64.2 Å². The van der Waals surface area contributed by atoms with Crippen molar-refractivity contribution in [2.45, 2.75) is 5.75 Å². The summed E-state index contributed by atoms with van der Waals surface area (Å²) in [5, 5.41) is 15.7. The van der Waals surface area contributed by atoms with Gasteiger partial charge in [-0.1, -0.05) is 42.1 Å². The molecule has 2 aromatic carbocycles. The highest BCUT2D eigenvalue weighted by Crippen LogP contribution is 2.36. The average molecular weight is 284 g/mol. The molecule has 0 spiro atoms. The fourth-order valence-corrected chi connectivity index (χ4v) is 2.64. The second kappa shape index (κ2) is 5.34. The van der Waals surface area contributed by atoms with Crippen LogP contribution < -0.4 is 5.32 Å². The summed E-state index contributed by atoms with van der Waals surface area (Å²) in [7, 11) is 0. The topological polar surface area (TPSA) is 69.6 Å². The highest BCUT2D eigenvalue weighted by molar-refractivity contribution is 8.13. The molecule has 5 nitrogen and oxygen atoms in total. The van der Waals surface area contributed by atoms with Gasteiger partial charge in [0.2, 0.25) is 0 Å². The molecule has 0 amide bonds. The van der Waals surface area contributed by atoms with Crippen LogP contribution in [-0.4, -0.2) is 10.1 Å². The number of nitro groups is 1. The zero-order valence-corrected chi connectivity index (χ0v) is 11.2. The summed E-state index contributed by atoms with van der Waals surface area (Å²) in [6.07, 6.45) is 0. The summed E-state index contributed by atoms with van der Waals surface area (Å²) in [5.74, 6) is 0.777. The first-order valence-corrected chi connectivity index (χ1v) is 6.96. The van der Waals surface area contributed by atoms with E-state index in [1.807, 2.05) is 30.3 Å². The molecule has 2 aromatic rings. The summed E-state index contributed by atoms with van der Waals surface area (Å²) >= 11 is 1.52. The third-order valence-electron chi connectivity index (χ3n) is 2.81. The third-order valence-corrected chi connectivity index (χ3v) is 3.73. The first-order chi connectivity index (χ1) is 9.72. The highest BCUT2D eigenvalue weighted by Gasteiger charge is 2.19. The zero-order valence-electron chi connectivity index (χ0n) is 10.4. The van der Waals surface area contributed by atoms with Crippen LogP contribution in [0.25, 0.3) is 0 Å². The van der Waals surface area contributed by atoms with Gasteiger partial charge in [0.15, 0.2) is 5.17 Å². The summed E-state index contributed by atoms with van der Waals surface area (Å²) in [6.45, 7) is 0. The van der Waals surface area contributed by atoms with E-state index in [-0.39, 0.29) is 5.69 Å². The number of nitrogens with zero attached hydrogens (tertiary/aromatic N) is 3. The maximum atomic E-state index is 10.7. The van der Waals surface area contributed by atoms with Crippen molar-refractivity contribution in [3.8, 4) is 0 Å². The van der Waals surface area contributed by atoms with Crippen LogP contribution in [0.5, 0.6) is 0 Å². The lowest BCUT2D eigenvalue weighted by Gasteiger charge is -2.00. The summed E-state index contributed by atoms with van der Waals surface area (Å²) in [4.78, 5) is 14.6. The van der Waals surface area contributed by atoms with E-state index in [1.54, 1.807) is 6.07 Å². The Bertz CT molecular complexity index is 686. The third kappa shape index (κ3) is 2.65. The SMILES string of the molecule is O=[N+]([O-])c1ccc2c(c1)N=C(SCc1ccccc1)[N]2. The van der Waals surface area contributed by atoms with E-state index in [4.69, 9.17) is 0 Å². The first kappa shape index (κ1) is 12.7. The van der Waals surface area contributed by atoms with Gasteiger partial charge in [-0.2, -0.15) is 0 Å². The van der Waals surface area contributed by atoms with Crippen LogP contribution in [0.4, 0.5) is 17.1 Å². The number of rotatable bonds is 3. The van der Waals surface area contributed by atoms with Gasteiger partial charge in [0.05, 0.1) is 16.3 Å². The Labute approximate surface area is 119 Å². The van der Waals surface area contributed by atoms with Crippen LogP contribution in [0.1, 0.15) is 5.56 Å². The van der Waals surface area contributed by atoms with Gasteiger partial charge in [-0.15, -0.1) is 0 Å². The van der Waals surface area contributed by atoms with Crippen molar-refractivity contribution in [3.63, 3.8) is 0 Å². The van der Waals surface area contributed by atoms with E-state index in [2.05, 4.69) is 10.3 Å². The smallest absolute Gasteiger partial charge is 0.258 e. The largest absolute Gasteiger partial charge is 0.271 e. The molecule has 6 heteroatoms. The van der Waals surface area contributed by atoms with Gasteiger partial charge in [0.1, 0.15) is 0 Å². The summed E-state index contributed by atoms with van der Waals surface area (Å²) in [5.41, 5.74) is 2.48. The van der Waals surface area contributed by atoms with Crippen molar-refractivity contribution in [1.82, 2.24) is 5.32 Å². The van der Waals surface area contributed by atoms with Gasteiger partial charge >= 0.3 is 0 Å². The minimum absolute atomic E-state index is 0.0389. The van der Waals surface area contributed by atoms with Gasteiger partial charge in [-0.3, -0.25) is 10.1 Å². The van der Waals surface area contributed by atoms with Crippen LogP contribution in [-0.2, 0) is 5.75 Å². The van der Waals surface area contributed by atoms with Gasteiger partial charge in [-0.05, 0) is 11.6 Å². The van der Waals surface area contributed by atoms with Gasteiger partial charge in [0.25, 0.3) is 5.69 Å². The molecule has 0 bridgehead atoms. The van der Waals surface area contributed by atoms with Gasteiger partial charge in [-0.25, -0.2) is 10.3 Å². The Kier molecular flexibility index (Phi) is 3.39. The van der Waals surface area contributed by atoms with E-state index in [1.165, 1.54) is 29.5 Å². The molecule has 1 aliphatic rings. The molecule has 0 saturated carbocycles. The molecule has 1 heterocycles. The fraction of sp³-hybridized carbons (Fsp3) is 0.0714. The number of amidine groups is 1. The number of fused-ring (bicyclic) bond motifs is 1. The molecule has 0 N–H and O–H groups in total. The minimum atomic E-state index is -0.426. The number of benzene rings is 2. The van der Waals surface area contributed by atoms with Crippen LogP contribution in [0.15, 0.2) is 53.5 Å². The number of nitro benzene ring substituents is 1. The molecule has 0 saturated heterocycles. The van der Waals surface area contributed by atoms with Crippen LogP contribution in [0.3, 0.4) is 0 Å². The summed E-state index contributed by atoms with van der Waals surface area (Å²) < 4.78 is 0. The van der Waals surface area contributed by atoms with Crippen molar-refractivity contribution >= 4 is 34.0 Å². The lowest BCUT2D eigenvalue weighted by Crippen LogP contribution is -2.01. The second-order valence-corrected chi connectivity index (χ2v) is 5.15. The first-order valence-electron chi connectivity index (χ1n) is 5.98. The molecular weight excluding hydrogens is 274 g/mol. The Morgan fingerprint density at radius 2 is 1.90 bits per heavy atom. The number of non-ortho nitro benzene ring substituents is 1. The van der Waals surface area contributed by atoms with Crippen molar-refractivity contribution in [2.24, 2.45) is 4.99 Å². The van der Waals surface area contributed by atoms with Gasteiger partial charge < -0.3 is 0 Å². The fourth-order valence-electron chi connectivity index (χ4n) is 1.83. The standard InChI is InChI=1S/C14H10N3O2S/c18-17(19)11-6-7-12-13(8-11)16-14(15-12)20-9-10-4-2-1-3-5-10/h1-8H,9H2. The van der Waals surface area contributed by atoms with Crippen LogP contribution in [0, 0.1) is 10.1 Å². The van der Waals surface area contributed by atoms with Crippen molar-refractivity contribution in [1.29, 1.82) is 0 Å². The maximum absolute atomic E-state index is 10.7. The van der Waals surface area contributed by atoms with E-state index in [9.17, 15) is 10.1 Å². The van der Waals surface area contributed by atoms with Crippen molar-refractivity contribution in [2.75, 3.05) is 0 Å². The quantitative estimate of drug-likeness (QED) is 0.636. The number of hydrogen-bond acceptors (Lipinski definition) is 4. The van der Waals surface area contributed by atoms with Crippen LogP contribution in [0.2, 0.25) is 0 Å².